The monoisotopic (exact) mass is 674 g/mol. The van der Waals surface area contributed by atoms with Gasteiger partial charge in [0.05, 0.1) is 22.5 Å². The highest BCUT2D eigenvalue weighted by Crippen LogP contribution is 2.35. The second-order valence-electron chi connectivity index (χ2n) is 8.86. The molecule has 3 N–H and O–H groups in total. The van der Waals surface area contributed by atoms with Crippen molar-refractivity contribution in [3.63, 3.8) is 0 Å². The number of hydrazone groups is 1. The molecule has 0 fully saturated rings. The Hall–Kier alpha value is -4.84. The Bertz CT molecular complexity index is 1870. The quantitative estimate of drug-likeness (QED) is 0.0570. The fourth-order valence-corrected chi connectivity index (χ4v) is 5.49. The van der Waals surface area contributed by atoms with Crippen molar-refractivity contribution in [2.75, 3.05) is 10.6 Å². The number of amides is 3. The van der Waals surface area contributed by atoms with Crippen LogP contribution < -0.4 is 20.8 Å². The lowest BCUT2D eigenvalue weighted by Gasteiger charge is -2.11. The lowest BCUT2D eigenvalue weighted by atomic mass is 10.1. The molecule has 9 nitrogen and oxygen atoms in total. The van der Waals surface area contributed by atoms with Gasteiger partial charge >= 0.3 is 17.8 Å². The molecule has 0 aliphatic rings. The summed E-state index contributed by atoms with van der Waals surface area (Å²) in [6.45, 7) is 0. The minimum absolute atomic E-state index is 0.156. The largest absolute Gasteiger partial charge is 0.422 e. The molecule has 5 aromatic rings. The number of carbonyl (C=O) groups excluding carboxylic acids is 4. The Morgan fingerprint density at radius 1 is 0.814 bits per heavy atom. The third-order valence-electron chi connectivity index (χ3n) is 5.92. The van der Waals surface area contributed by atoms with E-state index in [4.69, 9.17) is 16.3 Å². The Balaban J connectivity index is 1.15. The predicted octanol–water partition coefficient (Wildman–Crippen LogP) is 6.88. The maximum Gasteiger partial charge on any atom is 0.355 e. The van der Waals surface area contributed by atoms with E-state index >= 15 is 0 Å². The number of nitrogens with one attached hydrogen (secondary N) is 3. The van der Waals surface area contributed by atoms with Crippen LogP contribution in [0.1, 0.15) is 25.6 Å². The Morgan fingerprint density at radius 2 is 1.51 bits per heavy atom. The third-order valence-corrected chi connectivity index (χ3v) is 8.10. The van der Waals surface area contributed by atoms with E-state index in [1.807, 2.05) is 24.3 Å². The normalized spacial score (nSPS) is 10.8. The van der Waals surface area contributed by atoms with Gasteiger partial charge in [-0.25, -0.2) is 10.2 Å². The molecule has 1 aromatic heterocycles. The molecule has 0 bridgehead atoms. The highest BCUT2D eigenvalue weighted by Gasteiger charge is 2.20. The van der Waals surface area contributed by atoms with Gasteiger partial charge in [0.2, 0.25) is 0 Å². The van der Waals surface area contributed by atoms with Crippen molar-refractivity contribution >= 4 is 90.2 Å². The zero-order valence-corrected chi connectivity index (χ0v) is 25.1. The van der Waals surface area contributed by atoms with Crippen LogP contribution in [0.15, 0.2) is 107 Å². The van der Waals surface area contributed by atoms with E-state index in [0.29, 0.717) is 26.9 Å². The summed E-state index contributed by atoms with van der Waals surface area (Å²) in [4.78, 5) is 50.5. The van der Waals surface area contributed by atoms with Gasteiger partial charge in [-0.05, 0) is 72.3 Å². The summed E-state index contributed by atoms with van der Waals surface area (Å²) >= 11 is 10.9. The topological polar surface area (TPSA) is 126 Å². The van der Waals surface area contributed by atoms with Gasteiger partial charge in [-0.2, -0.15) is 5.10 Å². The fraction of sp³-hybridized carbons (Fsp3) is 0. The van der Waals surface area contributed by atoms with E-state index in [1.165, 1.54) is 29.7 Å². The van der Waals surface area contributed by atoms with Crippen LogP contribution in [0.5, 0.6) is 5.75 Å². The molecule has 0 unspecified atom stereocenters. The van der Waals surface area contributed by atoms with Gasteiger partial charge in [-0.15, -0.1) is 11.3 Å². The molecule has 12 heteroatoms. The summed E-state index contributed by atoms with van der Waals surface area (Å²) in [5, 5.41) is 10.1. The number of halogens is 2. The van der Waals surface area contributed by atoms with Crippen molar-refractivity contribution in [1.82, 2.24) is 5.43 Å². The minimum atomic E-state index is -1.04. The number of anilines is 2. The van der Waals surface area contributed by atoms with Crippen LogP contribution >= 0.6 is 38.9 Å². The van der Waals surface area contributed by atoms with E-state index in [0.717, 1.165) is 14.6 Å². The molecule has 5 rings (SSSR count). The molecule has 214 valence electrons. The first-order valence-corrected chi connectivity index (χ1v) is 14.6. The SMILES string of the molecule is O=C(N/N=C/c1ccc(OC(=O)c2sc3ccccc3c2Cl)cc1)C(=O)Nc1ccccc1C(=O)Nc1ccc(Br)cc1. The second kappa shape index (κ2) is 13.4. The van der Waals surface area contributed by atoms with Crippen molar-refractivity contribution in [1.29, 1.82) is 0 Å². The average Bonchev–Trinajstić information content (AvgIpc) is 3.35. The lowest BCUT2D eigenvalue weighted by molar-refractivity contribution is -0.136. The standard InChI is InChI=1S/C31H20BrClN4O5S/c32-19-11-13-20(14-12-19)35-28(38)22-5-1-3-7-24(22)36-29(39)30(40)37-34-17-18-9-15-21(16-10-18)42-31(41)27-26(33)23-6-2-4-8-25(23)43-27/h1-17H,(H,35,38)(H,36,39)(H,37,40)/b34-17+. The van der Waals surface area contributed by atoms with Gasteiger partial charge in [0.1, 0.15) is 10.6 Å². The summed E-state index contributed by atoms with van der Waals surface area (Å²) in [6.07, 6.45) is 1.32. The molecule has 0 saturated carbocycles. The molecular formula is C31H20BrClN4O5S. The Kier molecular flexibility index (Phi) is 9.26. The molecule has 0 atom stereocenters. The van der Waals surface area contributed by atoms with Crippen LogP contribution in [0.25, 0.3) is 10.1 Å². The molecule has 0 aliphatic heterocycles. The van der Waals surface area contributed by atoms with E-state index in [2.05, 4.69) is 37.1 Å². The van der Waals surface area contributed by atoms with Gasteiger partial charge in [-0.1, -0.05) is 57.9 Å². The maximum absolute atomic E-state index is 12.8. The number of thiophene rings is 1. The van der Waals surface area contributed by atoms with Gasteiger partial charge in [0.25, 0.3) is 5.91 Å². The first kappa shape index (κ1) is 29.6. The number of hydrogen-bond donors (Lipinski definition) is 3. The van der Waals surface area contributed by atoms with Crippen LogP contribution in [0.4, 0.5) is 11.4 Å². The number of esters is 1. The molecule has 4 aromatic carbocycles. The first-order valence-electron chi connectivity index (χ1n) is 12.6. The van der Waals surface area contributed by atoms with E-state index in [1.54, 1.807) is 60.7 Å². The highest BCUT2D eigenvalue weighted by atomic mass is 79.9. The summed E-state index contributed by atoms with van der Waals surface area (Å²) in [5.41, 5.74) is 3.60. The minimum Gasteiger partial charge on any atom is -0.422 e. The lowest BCUT2D eigenvalue weighted by Crippen LogP contribution is -2.33. The van der Waals surface area contributed by atoms with Crippen molar-refractivity contribution < 1.29 is 23.9 Å². The molecule has 0 spiro atoms. The van der Waals surface area contributed by atoms with Crippen LogP contribution in [0, 0.1) is 0 Å². The number of ether oxygens (including phenoxy) is 1. The van der Waals surface area contributed by atoms with Gasteiger partial charge in [0.15, 0.2) is 0 Å². The van der Waals surface area contributed by atoms with E-state index in [-0.39, 0.29) is 11.3 Å². The molecule has 0 saturated heterocycles. The predicted molar refractivity (Wildman–Crippen MR) is 171 cm³/mol. The summed E-state index contributed by atoms with van der Waals surface area (Å²) in [7, 11) is 0. The zero-order chi connectivity index (χ0) is 30.3. The van der Waals surface area contributed by atoms with E-state index in [9.17, 15) is 19.2 Å². The summed E-state index contributed by atoms with van der Waals surface area (Å²) in [5.74, 6) is -2.79. The number of para-hydroxylation sites is 1. The summed E-state index contributed by atoms with van der Waals surface area (Å²) < 4.78 is 7.19. The van der Waals surface area contributed by atoms with Crippen molar-refractivity contribution in [3.8, 4) is 5.75 Å². The van der Waals surface area contributed by atoms with E-state index < -0.39 is 23.7 Å². The van der Waals surface area contributed by atoms with Crippen LogP contribution in [-0.4, -0.2) is 29.9 Å². The molecule has 1 heterocycles. The van der Waals surface area contributed by atoms with Crippen LogP contribution in [0.2, 0.25) is 5.02 Å². The number of hydrogen-bond acceptors (Lipinski definition) is 7. The van der Waals surface area contributed by atoms with Gasteiger partial charge in [-0.3, -0.25) is 14.4 Å². The third kappa shape index (κ3) is 7.33. The van der Waals surface area contributed by atoms with Crippen LogP contribution in [0.3, 0.4) is 0 Å². The molecule has 43 heavy (non-hydrogen) atoms. The second-order valence-corrected chi connectivity index (χ2v) is 11.2. The van der Waals surface area contributed by atoms with Crippen molar-refractivity contribution in [2.24, 2.45) is 5.10 Å². The number of nitrogens with zero attached hydrogens (tertiary/aromatic N) is 1. The highest BCUT2D eigenvalue weighted by molar-refractivity contribution is 9.10. The van der Waals surface area contributed by atoms with Gasteiger partial charge < -0.3 is 15.4 Å². The Labute approximate surface area is 262 Å². The van der Waals surface area contributed by atoms with Crippen molar-refractivity contribution in [3.05, 3.63) is 123 Å². The average molecular weight is 676 g/mol. The maximum atomic E-state index is 12.8. The number of fused-ring (bicyclic) bond motifs is 1. The Morgan fingerprint density at radius 3 is 2.26 bits per heavy atom. The number of benzene rings is 4. The first-order chi connectivity index (χ1) is 20.8. The molecular weight excluding hydrogens is 656 g/mol. The molecule has 0 aliphatic carbocycles. The fourth-order valence-electron chi connectivity index (χ4n) is 3.84. The van der Waals surface area contributed by atoms with Crippen molar-refractivity contribution in [2.45, 2.75) is 0 Å². The van der Waals surface area contributed by atoms with Gasteiger partial charge in [0, 0.05) is 20.2 Å². The zero-order valence-electron chi connectivity index (χ0n) is 22.0. The molecule has 0 radical (unpaired) electrons. The van der Waals surface area contributed by atoms with Crippen LogP contribution in [-0.2, 0) is 9.59 Å². The molecule has 3 amide bonds. The number of carbonyl (C=O) groups is 4. The smallest absolute Gasteiger partial charge is 0.355 e. The number of rotatable bonds is 7. The summed E-state index contributed by atoms with van der Waals surface area (Å²) in [6, 6.07) is 27.1.